The molecule has 6 nitrogen and oxygen atoms in total. The third kappa shape index (κ3) is 5.64. The van der Waals surface area contributed by atoms with Gasteiger partial charge in [-0.15, -0.1) is 0 Å². The Bertz CT molecular complexity index is 6500. The molecule has 0 bridgehead atoms. The highest BCUT2D eigenvalue weighted by Crippen LogP contribution is 2.51. The minimum absolute atomic E-state index is 0.829. The van der Waals surface area contributed by atoms with Gasteiger partial charge >= 0.3 is 0 Å². The molecule has 0 aliphatic rings. The summed E-state index contributed by atoms with van der Waals surface area (Å²) in [6, 6.07) is 86.0. The first-order chi connectivity index (χ1) is 42.0. The zero-order valence-electron chi connectivity index (χ0n) is 45.5. The first kappa shape index (κ1) is 44.3. The second kappa shape index (κ2) is 15.6. The van der Waals surface area contributed by atoms with E-state index in [0.717, 1.165) is 159 Å². The lowest BCUT2D eigenvalue weighted by Gasteiger charge is -2.07. The minimum Gasteiger partial charge on any atom is -0.454 e. The molecule has 21 aromatic rings. The summed E-state index contributed by atoms with van der Waals surface area (Å²) < 4.78 is 33.1. The predicted octanol–water partition coefficient (Wildman–Crippen LogP) is 22.6. The van der Waals surface area contributed by atoms with Crippen LogP contribution < -0.4 is 0 Å². The first-order valence-electron chi connectivity index (χ1n) is 29.1. The largest absolute Gasteiger partial charge is 0.454 e. The summed E-state index contributed by atoms with van der Waals surface area (Å²) in [5, 5.41) is 17.9. The lowest BCUT2D eigenvalue weighted by atomic mass is 9.96. The molecule has 0 spiro atoms. The van der Waals surface area contributed by atoms with Crippen LogP contribution in [0, 0.1) is 6.92 Å². The maximum Gasteiger partial charge on any atom is 0.160 e. The molecule has 0 saturated heterocycles. The molecule has 21 rings (SSSR count). The molecule has 0 saturated carbocycles. The van der Waals surface area contributed by atoms with Crippen LogP contribution in [0.5, 0.6) is 0 Å². The number of para-hydroxylation sites is 2. The second-order valence-electron chi connectivity index (χ2n) is 23.5. The number of rotatable bonds is 4. The number of hydrogen-bond acceptors (Lipinski definition) is 4. The van der Waals surface area contributed by atoms with Crippen LogP contribution in [0.25, 0.3) is 208 Å². The number of hydrogen-bond donors (Lipinski definition) is 0. The summed E-state index contributed by atoms with van der Waals surface area (Å²) in [4.78, 5) is 0. The molecular formula is C79H42N2O4. The van der Waals surface area contributed by atoms with E-state index in [2.05, 4.69) is 240 Å². The van der Waals surface area contributed by atoms with Crippen LogP contribution in [-0.2, 0) is 0 Å². The van der Waals surface area contributed by atoms with E-state index < -0.39 is 0 Å². The van der Waals surface area contributed by atoms with Gasteiger partial charge < -0.3 is 26.5 Å². The summed E-state index contributed by atoms with van der Waals surface area (Å²) in [5.41, 5.74) is 23.8. The van der Waals surface area contributed by atoms with Crippen molar-refractivity contribution in [3.63, 3.8) is 0 Å². The fourth-order valence-electron chi connectivity index (χ4n) is 15.2. The van der Waals surface area contributed by atoms with E-state index in [4.69, 9.17) is 17.7 Å². The SMILES string of the molecule is Cc1ccc(-c2cc3c4ccc5c6ccccc6oc5c4n4c3c(c2)c2ccc3c5cc(-c6cccc7oc8c(ccc9c%10cc(-c%11ccc(-c%12ccccc%12)cc%11)cc%11c%12ccc%13c%14ccccc%14oc%13c%12n(c%11%10)c98)c67)ccc5oc3c24)cc1. The number of fused-ring (bicyclic) bond motifs is 28. The molecule has 392 valence electrons. The van der Waals surface area contributed by atoms with E-state index in [9.17, 15) is 0 Å². The maximum atomic E-state index is 7.27. The minimum atomic E-state index is 0.829. The average molecular weight is 1080 g/mol. The van der Waals surface area contributed by atoms with Crippen LogP contribution in [0.1, 0.15) is 5.56 Å². The topological polar surface area (TPSA) is 61.4 Å². The third-order valence-electron chi connectivity index (χ3n) is 19.0. The Morgan fingerprint density at radius 2 is 0.588 bits per heavy atom. The molecule has 0 fully saturated rings. The van der Waals surface area contributed by atoms with Crippen LogP contribution in [-0.4, -0.2) is 8.80 Å². The second-order valence-corrected chi connectivity index (χ2v) is 23.5. The molecule has 8 aromatic heterocycles. The molecule has 0 radical (unpaired) electrons. The molecule has 0 unspecified atom stereocenters. The van der Waals surface area contributed by atoms with Gasteiger partial charge in [0.1, 0.15) is 22.3 Å². The summed E-state index contributed by atoms with van der Waals surface area (Å²) in [6.45, 7) is 2.14. The van der Waals surface area contributed by atoms with Gasteiger partial charge in [0.05, 0.1) is 33.1 Å². The zero-order valence-corrected chi connectivity index (χ0v) is 45.5. The van der Waals surface area contributed by atoms with Crippen molar-refractivity contribution in [1.29, 1.82) is 0 Å². The van der Waals surface area contributed by atoms with Gasteiger partial charge in [-0.3, -0.25) is 0 Å². The Morgan fingerprint density at radius 1 is 0.224 bits per heavy atom. The summed E-state index contributed by atoms with van der Waals surface area (Å²) >= 11 is 0. The maximum absolute atomic E-state index is 7.27. The lowest BCUT2D eigenvalue weighted by Crippen LogP contribution is -1.83. The number of nitrogens with zero attached hydrogens (tertiary/aromatic N) is 2. The van der Waals surface area contributed by atoms with E-state index in [1.165, 1.54) is 54.9 Å². The Hall–Kier alpha value is -11.3. The number of benzene rings is 13. The fraction of sp³-hybridized carbons (Fsp3) is 0.0127. The highest BCUT2D eigenvalue weighted by molar-refractivity contribution is 6.34. The van der Waals surface area contributed by atoms with Crippen molar-refractivity contribution in [2.75, 3.05) is 0 Å². The quantitative estimate of drug-likeness (QED) is 0.176. The number of furan rings is 4. The Kier molecular flexibility index (Phi) is 8.14. The van der Waals surface area contributed by atoms with Crippen LogP contribution in [0.3, 0.4) is 0 Å². The highest BCUT2D eigenvalue weighted by Gasteiger charge is 2.29. The molecule has 0 atom stereocenters. The van der Waals surface area contributed by atoms with Crippen molar-refractivity contribution < 1.29 is 17.7 Å². The van der Waals surface area contributed by atoms with Crippen molar-refractivity contribution in [1.82, 2.24) is 8.80 Å². The molecule has 0 N–H and O–H groups in total. The fourth-order valence-corrected chi connectivity index (χ4v) is 15.2. The van der Waals surface area contributed by atoms with Crippen LogP contribution in [0.4, 0.5) is 0 Å². The average Bonchev–Trinajstić information content (AvgIpc) is 2.19. The summed E-state index contributed by atoms with van der Waals surface area (Å²) in [7, 11) is 0. The standard InChI is InChI=1S/C79H42N2O4/c1-41-18-20-44(21-19-41)47-37-61-52-27-31-56-50-12-5-7-15-65(50)82-76(56)72(52)80-70(61)62(38-47)54-29-33-58-60-36-46(26-35-67(60)84-78(58)74(54)80)49-14-9-17-68-69(49)59-34-30-55-64-40-48(45-24-22-43(23-25-45)42-10-3-2-4-11-42)39-63-53-28-32-57-51-13-6-8-16-66(51)83-77(57)73(53)81(71(63)64)75(55)79(59)85-68/h2-40H,1H3. The highest BCUT2D eigenvalue weighted by atomic mass is 16.3. The molecule has 13 aromatic carbocycles. The first-order valence-corrected chi connectivity index (χ1v) is 29.1. The van der Waals surface area contributed by atoms with Crippen molar-refractivity contribution in [2.45, 2.75) is 6.92 Å². The van der Waals surface area contributed by atoms with Gasteiger partial charge in [-0.05, 0) is 130 Å². The van der Waals surface area contributed by atoms with E-state index >= 15 is 0 Å². The van der Waals surface area contributed by atoms with E-state index in [1.54, 1.807) is 0 Å². The normalized spacial score (nSPS) is 12.8. The van der Waals surface area contributed by atoms with Gasteiger partial charge in [-0.2, -0.15) is 0 Å². The number of aryl methyl sites for hydroxylation is 1. The molecule has 0 amide bonds. The van der Waals surface area contributed by atoms with Crippen molar-refractivity contribution in [3.8, 4) is 44.5 Å². The third-order valence-corrected chi connectivity index (χ3v) is 19.0. The van der Waals surface area contributed by atoms with Gasteiger partial charge in [-0.25, -0.2) is 0 Å². The Morgan fingerprint density at radius 3 is 1.12 bits per heavy atom. The van der Waals surface area contributed by atoms with Crippen molar-refractivity contribution in [3.05, 3.63) is 242 Å². The molecular weight excluding hydrogens is 1040 g/mol. The van der Waals surface area contributed by atoms with Crippen molar-refractivity contribution >= 4 is 164 Å². The zero-order chi connectivity index (χ0) is 55.1. The van der Waals surface area contributed by atoms with E-state index in [1.807, 2.05) is 12.1 Å². The van der Waals surface area contributed by atoms with E-state index in [0.29, 0.717) is 0 Å². The van der Waals surface area contributed by atoms with Gasteiger partial charge in [0.2, 0.25) is 0 Å². The number of aromatic nitrogens is 2. The molecule has 0 aliphatic heterocycles. The van der Waals surface area contributed by atoms with Gasteiger partial charge in [-0.1, -0.05) is 163 Å². The predicted molar refractivity (Wildman–Crippen MR) is 351 cm³/mol. The smallest absolute Gasteiger partial charge is 0.160 e. The van der Waals surface area contributed by atoms with Crippen LogP contribution >= 0.6 is 0 Å². The van der Waals surface area contributed by atoms with Gasteiger partial charge in [0.25, 0.3) is 0 Å². The molecule has 6 heteroatoms. The van der Waals surface area contributed by atoms with E-state index in [-0.39, 0.29) is 0 Å². The lowest BCUT2D eigenvalue weighted by molar-refractivity contribution is 0.669. The monoisotopic (exact) mass is 1080 g/mol. The van der Waals surface area contributed by atoms with Crippen LogP contribution in [0.2, 0.25) is 0 Å². The van der Waals surface area contributed by atoms with Crippen LogP contribution in [0.15, 0.2) is 254 Å². The van der Waals surface area contributed by atoms with Crippen molar-refractivity contribution in [2.24, 2.45) is 0 Å². The Labute approximate surface area is 481 Å². The summed E-state index contributed by atoms with van der Waals surface area (Å²) in [6.07, 6.45) is 0. The summed E-state index contributed by atoms with van der Waals surface area (Å²) in [5.74, 6) is 0. The molecule has 0 aliphatic carbocycles. The Balaban J connectivity index is 0.799. The van der Waals surface area contributed by atoms with Gasteiger partial charge in [0, 0.05) is 86.2 Å². The molecule has 85 heavy (non-hydrogen) atoms. The molecule has 8 heterocycles. The van der Waals surface area contributed by atoms with Gasteiger partial charge in [0.15, 0.2) is 22.3 Å².